The quantitative estimate of drug-likeness (QED) is 0.517. The summed E-state index contributed by atoms with van der Waals surface area (Å²) in [4.78, 5) is 0. The highest BCUT2D eigenvalue weighted by Gasteiger charge is 2.08. The molecular formula is C6H4N3O2P. The van der Waals surface area contributed by atoms with Gasteiger partial charge in [0.15, 0.2) is 19.5 Å². The fraction of sp³-hybridized carbons (Fsp3) is 0. The predicted molar refractivity (Wildman–Crippen MR) is 43.5 cm³/mol. The lowest BCUT2D eigenvalue weighted by atomic mass is 10.3. The van der Waals surface area contributed by atoms with Gasteiger partial charge < -0.3 is 5.73 Å². The second-order valence-corrected chi connectivity index (χ2v) is 2.89. The van der Waals surface area contributed by atoms with Crippen LogP contribution in [0.5, 0.6) is 0 Å². The maximum Gasteiger partial charge on any atom is 0.194 e. The average Bonchev–Trinajstić information content (AvgIpc) is 2.54. The lowest BCUT2D eigenvalue weighted by Gasteiger charge is -1.91. The Morgan fingerprint density at radius 1 is 1.33 bits per heavy atom. The molecule has 0 aliphatic rings. The number of anilines is 1. The molecule has 0 aliphatic heterocycles. The van der Waals surface area contributed by atoms with Crippen molar-refractivity contribution >= 4 is 30.5 Å². The van der Waals surface area contributed by atoms with E-state index < -0.39 is 0 Å². The topological polar surface area (TPSA) is 82.0 Å². The molecule has 0 atom stereocenters. The van der Waals surface area contributed by atoms with Crippen molar-refractivity contribution in [3.05, 3.63) is 12.1 Å². The largest absolute Gasteiger partial charge is 0.397 e. The number of nitrogens with two attached hydrogens (primary N) is 1. The molecule has 0 saturated carbocycles. The van der Waals surface area contributed by atoms with Crippen LogP contribution in [0.3, 0.4) is 0 Å². The second kappa shape index (κ2) is 2.53. The third-order valence-corrected chi connectivity index (χ3v) is 2.08. The first kappa shape index (κ1) is 7.18. The molecule has 12 heavy (non-hydrogen) atoms. The fourth-order valence-electron chi connectivity index (χ4n) is 0.946. The van der Waals surface area contributed by atoms with E-state index in [-0.39, 0.29) is 8.46 Å². The Hall–Kier alpha value is -1.48. The summed E-state index contributed by atoms with van der Waals surface area (Å²) >= 11 is 0. The Bertz CT molecular complexity index is 439. The zero-order chi connectivity index (χ0) is 8.55. The summed E-state index contributed by atoms with van der Waals surface area (Å²) in [5.74, 6) is 0. The summed E-state index contributed by atoms with van der Waals surface area (Å²) in [7, 11) is -0.114. The maximum atomic E-state index is 10.6. The number of fused-ring (bicyclic) bond motifs is 1. The monoisotopic (exact) mass is 181 g/mol. The third kappa shape index (κ3) is 0.871. The van der Waals surface area contributed by atoms with Crippen molar-refractivity contribution in [3.8, 4) is 0 Å². The number of rotatable bonds is 1. The van der Waals surface area contributed by atoms with Crippen LogP contribution in [-0.4, -0.2) is 10.3 Å². The van der Waals surface area contributed by atoms with Crippen LogP contribution in [0.1, 0.15) is 0 Å². The smallest absolute Gasteiger partial charge is 0.194 e. The summed E-state index contributed by atoms with van der Waals surface area (Å²) in [5, 5.41) is 7.68. The summed E-state index contributed by atoms with van der Waals surface area (Å²) < 4.78 is 15.0. The van der Waals surface area contributed by atoms with Crippen molar-refractivity contribution in [2.45, 2.75) is 0 Å². The normalized spacial score (nSPS) is 11.0. The van der Waals surface area contributed by atoms with Gasteiger partial charge in [0.25, 0.3) is 0 Å². The van der Waals surface area contributed by atoms with Crippen molar-refractivity contribution in [1.82, 2.24) is 10.3 Å². The van der Waals surface area contributed by atoms with E-state index in [2.05, 4.69) is 14.9 Å². The van der Waals surface area contributed by atoms with E-state index in [0.29, 0.717) is 22.0 Å². The van der Waals surface area contributed by atoms with Gasteiger partial charge in [0.1, 0.15) is 0 Å². The van der Waals surface area contributed by atoms with Crippen LogP contribution in [0.2, 0.25) is 0 Å². The van der Waals surface area contributed by atoms with Crippen LogP contribution >= 0.6 is 8.46 Å². The van der Waals surface area contributed by atoms with Crippen molar-refractivity contribution in [3.63, 3.8) is 0 Å². The van der Waals surface area contributed by atoms with Crippen LogP contribution < -0.4 is 11.0 Å². The molecule has 1 aromatic heterocycles. The van der Waals surface area contributed by atoms with Crippen LogP contribution in [0.15, 0.2) is 16.8 Å². The molecule has 0 spiro atoms. The number of aromatic nitrogens is 2. The first-order chi connectivity index (χ1) is 5.83. The van der Waals surface area contributed by atoms with Gasteiger partial charge >= 0.3 is 0 Å². The Morgan fingerprint density at radius 3 is 2.83 bits per heavy atom. The first-order valence-electron chi connectivity index (χ1n) is 3.17. The standard InChI is InChI=1S/C6H4N3O2P/c7-3-1-2-4(12-10)6-5(3)8-11-9-6/h1-2H,7H2. The highest BCUT2D eigenvalue weighted by Crippen LogP contribution is 2.17. The van der Waals surface area contributed by atoms with Crippen molar-refractivity contribution in [2.75, 3.05) is 5.73 Å². The van der Waals surface area contributed by atoms with E-state index in [1.54, 1.807) is 12.1 Å². The molecule has 6 heteroatoms. The number of benzene rings is 1. The molecule has 0 radical (unpaired) electrons. The summed E-state index contributed by atoms with van der Waals surface area (Å²) in [6.45, 7) is 0. The summed E-state index contributed by atoms with van der Waals surface area (Å²) in [6.07, 6.45) is 0. The minimum atomic E-state index is -0.114. The lowest BCUT2D eigenvalue weighted by Crippen LogP contribution is -1.96. The van der Waals surface area contributed by atoms with Crippen LogP contribution in [-0.2, 0) is 4.57 Å². The molecule has 0 saturated heterocycles. The van der Waals surface area contributed by atoms with Crippen LogP contribution in [0.25, 0.3) is 11.0 Å². The molecule has 2 N–H and O–H groups in total. The molecule has 60 valence electrons. The average molecular weight is 181 g/mol. The van der Waals surface area contributed by atoms with E-state index in [0.717, 1.165) is 0 Å². The van der Waals surface area contributed by atoms with E-state index in [9.17, 15) is 4.57 Å². The number of nitrogen functional groups attached to an aromatic ring is 1. The van der Waals surface area contributed by atoms with Gasteiger partial charge in [0, 0.05) is 0 Å². The first-order valence-corrected chi connectivity index (χ1v) is 3.98. The summed E-state index contributed by atoms with van der Waals surface area (Å²) in [5.41, 5.74) is 6.93. The molecule has 1 aromatic carbocycles. The third-order valence-electron chi connectivity index (χ3n) is 1.52. The number of nitrogens with zero attached hydrogens (tertiary/aromatic N) is 2. The number of hydrogen-bond acceptors (Lipinski definition) is 5. The van der Waals surface area contributed by atoms with Crippen molar-refractivity contribution < 1.29 is 9.19 Å². The van der Waals surface area contributed by atoms with Crippen molar-refractivity contribution in [1.29, 1.82) is 0 Å². The Balaban J connectivity index is 2.91. The van der Waals surface area contributed by atoms with Gasteiger partial charge in [-0.2, -0.15) is 0 Å². The molecular weight excluding hydrogens is 177 g/mol. The van der Waals surface area contributed by atoms with Gasteiger partial charge in [-0.15, -0.1) is 0 Å². The van der Waals surface area contributed by atoms with Gasteiger partial charge in [0.05, 0.1) is 11.0 Å². The molecule has 0 amide bonds. The van der Waals surface area contributed by atoms with E-state index >= 15 is 0 Å². The molecule has 0 unspecified atom stereocenters. The van der Waals surface area contributed by atoms with Gasteiger partial charge in [-0.3, -0.25) is 4.57 Å². The van der Waals surface area contributed by atoms with Gasteiger partial charge in [-0.05, 0) is 22.4 Å². The minimum Gasteiger partial charge on any atom is -0.397 e. The van der Waals surface area contributed by atoms with E-state index in [4.69, 9.17) is 5.73 Å². The fourth-order valence-corrected chi connectivity index (χ4v) is 1.31. The van der Waals surface area contributed by atoms with E-state index in [1.807, 2.05) is 0 Å². The van der Waals surface area contributed by atoms with Gasteiger partial charge in [-0.1, -0.05) is 0 Å². The number of hydrogen-bond donors (Lipinski definition) is 1. The van der Waals surface area contributed by atoms with Crippen LogP contribution in [0.4, 0.5) is 5.69 Å². The summed E-state index contributed by atoms with van der Waals surface area (Å²) in [6, 6.07) is 3.24. The zero-order valence-corrected chi connectivity index (χ0v) is 6.78. The lowest BCUT2D eigenvalue weighted by molar-refractivity contribution is 0.316. The molecule has 2 aromatic rings. The zero-order valence-electron chi connectivity index (χ0n) is 5.89. The minimum absolute atomic E-state index is 0.114. The maximum absolute atomic E-state index is 10.6. The molecule has 0 fully saturated rings. The molecule has 5 nitrogen and oxygen atoms in total. The SMILES string of the molecule is Nc1ccc(P=O)c2nonc12. The molecule has 0 bridgehead atoms. The Morgan fingerprint density at radius 2 is 2.08 bits per heavy atom. The Kier molecular flexibility index (Phi) is 1.52. The highest BCUT2D eigenvalue weighted by atomic mass is 31.1. The molecule has 1 heterocycles. The Labute approximate surface area is 68.7 Å². The van der Waals surface area contributed by atoms with E-state index in [1.165, 1.54) is 0 Å². The highest BCUT2D eigenvalue weighted by molar-refractivity contribution is 7.34. The van der Waals surface area contributed by atoms with Gasteiger partial charge in [0.2, 0.25) is 0 Å². The molecule has 0 aliphatic carbocycles. The second-order valence-electron chi connectivity index (χ2n) is 2.23. The van der Waals surface area contributed by atoms with Crippen LogP contribution in [0, 0.1) is 0 Å². The predicted octanol–water partition coefficient (Wildman–Crippen LogP) is 0.722. The van der Waals surface area contributed by atoms with Crippen molar-refractivity contribution in [2.24, 2.45) is 0 Å². The van der Waals surface area contributed by atoms with Gasteiger partial charge in [-0.25, -0.2) is 4.63 Å². The molecule has 2 rings (SSSR count).